The minimum Gasteiger partial charge on any atom is -0.273 e. The molecule has 3 heterocycles. The average molecular weight is 435 g/mol. The van der Waals surface area contributed by atoms with Gasteiger partial charge in [0.15, 0.2) is 5.82 Å². The first-order valence-electron chi connectivity index (χ1n) is 10.2. The Morgan fingerprint density at radius 1 is 1.00 bits per heavy atom. The molecule has 8 heteroatoms. The molecule has 0 atom stereocenters. The molecule has 0 aliphatic heterocycles. The number of aromatic nitrogens is 4. The summed E-state index contributed by atoms with van der Waals surface area (Å²) >= 11 is 1.78. The van der Waals surface area contributed by atoms with E-state index in [1.165, 1.54) is 43.4 Å². The van der Waals surface area contributed by atoms with Gasteiger partial charge >= 0.3 is 6.18 Å². The van der Waals surface area contributed by atoms with E-state index in [0.29, 0.717) is 0 Å². The van der Waals surface area contributed by atoms with Crippen LogP contribution in [0.5, 0.6) is 0 Å². The van der Waals surface area contributed by atoms with Gasteiger partial charge in [-0.25, -0.2) is 9.97 Å². The van der Waals surface area contributed by atoms with Crippen LogP contribution in [-0.4, -0.2) is 20.2 Å². The fourth-order valence-electron chi connectivity index (χ4n) is 3.01. The summed E-state index contributed by atoms with van der Waals surface area (Å²) in [6, 6.07) is 5.18. The highest BCUT2D eigenvalue weighted by molar-refractivity contribution is 7.12. The second-order valence-electron chi connectivity index (χ2n) is 7.16. The van der Waals surface area contributed by atoms with E-state index in [1.807, 2.05) is 17.3 Å². The molecule has 0 spiro atoms. The third kappa shape index (κ3) is 6.52. The monoisotopic (exact) mass is 434 g/mol. The van der Waals surface area contributed by atoms with E-state index in [1.54, 1.807) is 23.7 Å². The number of alkyl halides is 3. The number of aryl methyl sites for hydroxylation is 1. The van der Waals surface area contributed by atoms with Gasteiger partial charge in [0.2, 0.25) is 0 Å². The number of rotatable bonds is 10. The molecular formula is C22H25F3N4S. The van der Waals surface area contributed by atoms with E-state index in [2.05, 4.69) is 34.1 Å². The fourth-order valence-corrected chi connectivity index (χ4v) is 3.97. The summed E-state index contributed by atoms with van der Waals surface area (Å²) in [5.41, 5.74) is -0.0776. The van der Waals surface area contributed by atoms with Gasteiger partial charge in [0.25, 0.3) is 0 Å². The number of unbranched alkanes of at least 4 members (excludes halogenated alkanes) is 5. The molecule has 0 unspecified atom stereocenters. The van der Waals surface area contributed by atoms with Crippen molar-refractivity contribution in [2.24, 2.45) is 0 Å². The highest BCUT2D eigenvalue weighted by Crippen LogP contribution is 2.29. The average Bonchev–Trinajstić information content (AvgIpc) is 3.39. The number of thiophene rings is 1. The Morgan fingerprint density at radius 3 is 2.43 bits per heavy atom. The zero-order chi connectivity index (χ0) is 21.4. The van der Waals surface area contributed by atoms with Crippen molar-refractivity contribution >= 4 is 23.5 Å². The Kier molecular flexibility index (Phi) is 7.79. The van der Waals surface area contributed by atoms with E-state index < -0.39 is 11.9 Å². The largest absolute Gasteiger partial charge is 0.432 e. The maximum atomic E-state index is 12.7. The highest BCUT2D eigenvalue weighted by Gasteiger charge is 2.33. The van der Waals surface area contributed by atoms with E-state index >= 15 is 0 Å². The molecule has 0 aliphatic carbocycles. The summed E-state index contributed by atoms with van der Waals surface area (Å²) in [4.78, 5) is 10.8. The van der Waals surface area contributed by atoms with Crippen LogP contribution in [0.25, 0.3) is 23.7 Å². The molecule has 0 amide bonds. The van der Waals surface area contributed by atoms with Gasteiger partial charge in [-0.2, -0.15) is 18.3 Å². The summed E-state index contributed by atoms with van der Waals surface area (Å²) < 4.78 is 38.0. The highest BCUT2D eigenvalue weighted by atomic mass is 32.1. The summed E-state index contributed by atoms with van der Waals surface area (Å²) in [6.45, 7) is 2.23. The Morgan fingerprint density at radius 2 is 1.73 bits per heavy atom. The zero-order valence-corrected chi connectivity index (χ0v) is 17.7. The van der Waals surface area contributed by atoms with Crippen LogP contribution in [0.1, 0.15) is 66.5 Å². The molecule has 160 valence electrons. The summed E-state index contributed by atoms with van der Waals surface area (Å²) in [5.74, 6) is 0.149. The van der Waals surface area contributed by atoms with Crippen molar-refractivity contribution in [1.82, 2.24) is 20.2 Å². The SMILES string of the molecule is CCCCCCCCc1ccc(/C=C/c2cnc(-c3cc(C(F)(F)F)[nH]n3)nc2)s1. The summed E-state index contributed by atoms with van der Waals surface area (Å²) in [6.07, 6.45) is 11.5. The molecule has 1 N–H and O–H groups in total. The smallest absolute Gasteiger partial charge is 0.273 e. The third-order valence-corrected chi connectivity index (χ3v) is 5.79. The van der Waals surface area contributed by atoms with Gasteiger partial charge in [-0.15, -0.1) is 11.3 Å². The number of aromatic amines is 1. The molecule has 0 saturated heterocycles. The van der Waals surface area contributed by atoms with Gasteiger partial charge in [-0.3, -0.25) is 5.10 Å². The first-order chi connectivity index (χ1) is 14.5. The molecule has 3 aromatic rings. The van der Waals surface area contributed by atoms with E-state index in [-0.39, 0.29) is 11.5 Å². The van der Waals surface area contributed by atoms with Gasteiger partial charge in [-0.1, -0.05) is 45.1 Å². The molecule has 3 aromatic heterocycles. The van der Waals surface area contributed by atoms with Gasteiger partial charge in [0.1, 0.15) is 11.4 Å². The second kappa shape index (κ2) is 10.5. The quantitative estimate of drug-likeness (QED) is 0.349. The fraction of sp³-hybridized carbons (Fsp3) is 0.409. The van der Waals surface area contributed by atoms with Crippen molar-refractivity contribution in [2.75, 3.05) is 0 Å². The Hall–Kier alpha value is -2.48. The number of nitrogens with one attached hydrogen (secondary N) is 1. The number of hydrogen-bond acceptors (Lipinski definition) is 4. The molecule has 0 aliphatic rings. The Labute approximate surface area is 178 Å². The summed E-state index contributed by atoms with van der Waals surface area (Å²) in [7, 11) is 0. The lowest BCUT2D eigenvalue weighted by molar-refractivity contribution is -0.141. The van der Waals surface area contributed by atoms with Crippen LogP contribution in [0, 0.1) is 0 Å². The molecule has 3 rings (SSSR count). The predicted molar refractivity (Wildman–Crippen MR) is 115 cm³/mol. The maximum Gasteiger partial charge on any atom is 0.432 e. The van der Waals surface area contributed by atoms with Crippen molar-refractivity contribution in [3.63, 3.8) is 0 Å². The molecule has 0 bridgehead atoms. The van der Waals surface area contributed by atoms with Gasteiger partial charge in [0, 0.05) is 27.7 Å². The maximum absolute atomic E-state index is 12.7. The lowest BCUT2D eigenvalue weighted by Gasteiger charge is -1.99. The molecule has 0 fully saturated rings. The number of H-pyrrole nitrogens is 1. The normalized spacial score (nSPS) is 12.1. The molecular weight excluding hydrogens is 409 g/mol. The van der Waals surface area contributed by atoms with Gasteiger partial charge < -0.3 is 0 Å². The lowest BCUT2D eigenvalue weighted by Crippen LogP contribution is -2.04. The van der Waals surface area contributed by atoms with Crippen LogP contribution in [-0.2, 0) is 12.6 Å². The van der Waals surface area contributed by atoms with Crippen molar-refractivity contribution < 1.29 is 13.2 Å². The molecule has 0 saturated carbocycles. The second-order valence-corrected chi connectivity index (χ2v) is 8.36. The molecule has 0 aromatic carbocycles. The van der Waals surface area contributed by atoms with E-state index in [0.717, 1.165) is 22.9 Å². The first-order valence-corrected chi connectivity index (χ1v) is 11.0. The van der Waals surface area contributed by atoms with Crippen LogP contribution in [0.2, 0.25) is 0 Å². The lowest BCUT2D eigenvalue weighted by atomic mass is 10.1. The van der Waals surface area contributed by atoms with Crippen LogP contribution in [0.4, 0.5) is 13.2 Å². The predicted octanol–water partition coefficient (Wildman–Crippen LogP) is 7.02. The number of hydrogen-bond donors (Lipinski definition) is 1. The van der Waals surface area contributed by atoms with Crippen LogP contribution >= 0.6 is 11.3 Å². The Balaban J connectivity index is 1.52. The molecule has 0 radical (unpaired) electrons. The van der Waals surface area contributed by atoms with E-state index in [9.17, 15) is 13.2 Å². The van der Waals surface area contributed by atoms with Crippen molar-refractivity contribution in [3.8, 4) is 11.5 Å². The van der Waals surface area contributed by atoms with Crippen molar-refractivity contribution in [2.45, 2.75) is 58.0 Å². The van der Waals surface area contributed by atoms with Gasteiger partial charge in [0.05, 0.1) is 0 Å². The minimum atomic E-state index is -4.47. The van der Waals surface area contributed by atoms with Crippen molar-refractivity contribution in [1.29, 1.82) is 0 Å². The minimum absolute atomic E-state index is 0.0652. The topological polar surface area (TPSA) is 54.5 Å². The van der Waals surface area contributed by atoms with Crippen LogP contribution < -0.4 is 0 Å². The van der Waals surface area contributed by atoms with Crippen molar-refractivity contribution in [3.05, 3.63) is 51.6 Å². The van der Waals surface area contributed by atoms with Crippen LogP contribution in [0.15, 0.2) is 30.6 Å². The first kappa shape index (κ1) is 22.2. The van der Waals surface area contributed by atoms with Crippen LogP contribution in [0.3, 0.4) is 0 Å². The molecule has 4 nitrogen and oxygen atoms in total. The van der Waals surface area contributed by atoms with E-state index in [4.69, 9.17) is 0 Å². The standard InChI is InChI=1S/C22H25F3N4S/c1-2-3-4-5-6-7-8-17-11-12-18(30-17)10-9-16-14-26-21(27-15-16)19-13-20(29-28-19)22(23,24)25/h9-15H,2-8H2,1H3,(H,28,29)/b10-9+. The zero-order valence-electron chi connectivity index (χ0n) is 16.9. The Bertz CT molecular complexity index is 942. The third-order valence-electron chi connectivity index (χ3n) is 4.68. The molecule has 30 heavy (non-hydrogen) atoms. The number of nitrogens with zero attached hydrogens (tertiary/aromatic N) is 3. The number of halogens is 3. The summed E-state index contributed by atoms with van der Waals surface area (Å²) in [5, 5.41) is 5.60. The van der Waals surface area contributed by atoms with Gasteiger partial charge in [-0.05, 0) is 37.1 Å².